The van der Waals surface area contributed by atoms with Crippen molar-refractivity contribution in [1.82, 2.24) is 9.78 Å². The first-order chi connectivity index (χ1) is 8.54. The molecule has 0 bridgehead atoms. The normalized spacial score (nSPS) is 10.6. The lowest BCUT2D eigenvalue weighted by Gasteiger charge is -2.09. The van der Waals surface area contributed by atoms with Crippen molar-refractivity contribution in [1.29, 1.82) is 0 Å². The minimum Gasteiger partial charge on any atom is -0.478 e. The average Bonchev–Trinajstić information content (AvgIpc) is 2.70. The second-order valence-electron chi connectivity index (χ2n) is 4.06. The highest BCUT2D eigenvalue weighted by molar-refractivity contribution is 5.97. The fraction of sp³-hybridized carbons (Fsp3) is 0.231. The molecule has 3 N–H and O–H groups in total. The van der Waals surface area contributed by atoms with Gasteiger partial charge in [0, 0.05) is 12.1 Å². The molecule has 18 heavy (non-hydrogen) atoms. The molecule has 1 heterocycles. The Balaban J connectivity index is 2.64. The van der Waals surface area contributed by atoms with Gasteiger partial charge < -0.3 is 10.8 Å². The molecule has 0 amide bonds. The molecular formula is C13H15N3O2. The number of aromatic nitrogens is 2. The molecule has 2 aromatic rings. The molecule has 5 heteroatoms. The van der Waals surface area contributed by atoms with E-state index in [1.165, 1.54) is 6.07 Å². The predicted molar refractivity (Wildman–Crippen MR) is 69.4 cm³/mol. The number of hydrogen-bond acceptors (Lipinski definition) is 3. The number of anilines is 1. The van der Waals surface area contributed by atoms with Crippen LogP contribution >= 0.6 is 0 Å². The van der Waals surface area contributed by atoms with Crippen LogP contribution in [0.1, 0.15) is 23.0 Å². The molecule has 94 valence electrons. The van der Waals surface area contributed by atoms with Crippen molar-refractivity contribution < 1.29 is 9.90 Å². The second kappa shape index (κ2) is 4.52. The summed E-state index contributed by atoms with van der Waals surface area (Å²) in [6.07, 6.45) is 0. The third-order valence-corrected chi connectivity index (χ3v) is 2.81. The molecule has 0 aliphatic heterocycles. The zero-order valence-electron chi connectivity index (χ0n) is 10.3. The van der Waals surface area contributed by atoms with Crippen LogP contribution in [-0.2, 0) is 6.54 Å². The monoisotopic (exact) mass is 245 g/mol. The fourth-order valence-electron chi connectivity index (χ4n) is 1.98. The maximum atomic E-state index is 11.1. The Morgan fingerprint density at radius 1 is 1.50 bits per heavy atom. The van der Waals surface area contributed by atoms with Crippen molar-refractivity contribution in [2.75, 3.05) is 5.73 Å². The largest absolute Gasteiger partial charge is 0.478 e. The summed E-state index contributed by atoms with van der Waals surface area (Å²) < 4.78 is 1.81. The van der Waals surface area contributed by atoms with Gasteiger partial charge >= 0.3 is 5.97 Å². The summed E-state index contributed by atoms with van der Waals surface area (Å²) in [5, 5.41) is 13.4. The van der Waals surface area contributed by atoms with Crippen LogP contribution in [0.25, 0.3) is 11.3 Å². The molecule has 0 atom stereocenters. The molecule has 5 nitrogen and oxygen atoms in total. The van der Waals surface area contributed by atoms with Crippen LogP contribution < -0.4 is 5.73 Å². The highest BCUT2D eigenvalue weighted by Crippen LogP contribution is 2.29. The smallest absolute Gasteiger partial charge is 0.337 e. The molecule has 0 fully saturated rings. The number of benzene rings is 1. The maximum absolute atomic E-state index is 11.1. The van der Waals surface area contributed by atoms with E-state index >= 15 is 0 Å². The number of aryl methyl sites for hydroxylation is 2. The number of carboxylic acid groups (broad SMARTS) is 1. The van der Waals surface area contributed by atoms with Crippen LogP contribution in [0.2, 0.25) is 0 Å². The van der Waals surface area contributed by atoms with Gasteiger partial charge in [-0.2, -0.15) is 5.10 Å². The molecule has 2 rings (SSSR count). The Morgan fingerprint density at radius 3 is 2.83 bits per heavy atom. The van der Waals surface area contributed by atoms with Gasteiger partial charge in [0.1, 0.15) is 0 Å². The van der Waals surface area contributed by atoms with E-state index < -0.39 is 5.97 Å². The summed E-state index contributed by atoms with van der Waals surface area (Å²) in [5.41, 5.74) is 8.75. The van der Waals surface area contributed by atoms with Crippen LogP contribution in [0, 0.1) is 6.92 Å². The highest BCUT2D eigenvalue weighted by atomic mass is 16.4. The lowest BCUT2D eigenvalue weighted by Crippen LogP contribution is -2.06. The van der Waals surface area contributed by atoms with Crippen molar-refractivity contribution >= 4 is 11.7 Å². The summed E-state index contributed by atoms with van der Waals surface area (Å²) in [7, 11) is 0. The third-order valence-electron chi connectivity index (χ3n) is 2.81. The van der Waals surface area contributed by atoms with Crippen LogP contribution in [0.15, 0.2) is 24.3 Å². The Bertz CT molecular complexity index is 602. The number of nitrogen functional groups attached to an aromatic ring is 1. The topological polar surface area (TPSA) is 81.1 Å². The van der Waals surface area contributed by atoms with E-state index in [9.17, 15) is 4.79 Å². The van der Waals surface area contributed by atoms with E-state index in [0.29, 0.717) is 12.1 Å². The minimum absolute atomic E-state index is 0.119. The summed E-state index contributed by atoms with van der Waals surface area (Å²) in [5.74, 6) is -1.02. The SMILES string of the molecule is CCn1nc(C)cc1-c1cccc(C(=O)O)c1N. The molecule has 1 aromatic heterocycles. The summed E-state index contributed by atoms with van der Waals surface area (Å²) in [6.45, 7) is 4.58. The number of aromatic carboxylic acids is 1. The van der Waals surface area contributed by atoms with Crippen molar-refractivity contribution in [3.05, 3.63) is 35.5 Å². The van der Waals surface area contributed by atoms with E-state index in [2.05, 4.69) is 5.10 Å². The van der Waals surface area contributed by atoms with Gasteiger partial charge in [0.25, 0.3) is 0 Å². The Hall–Kier alpha value is -2.30. The number of para-hydroxylation sites is 1. The van der Waals surface area contributed by atoms with Gasteiger partial charge in [-0.1, -0.05) is 12.1 Å². The molecule has 0 radical (unpaired) electrons. The zero-order valence-corrected chi connectivity index (χ0v) is 10.3. The fourth-order valence-corrected chi connectivity index (χ4v) is 1.98. The molecule has 0 aliphatic rings. The first-order valence-corrected chi connectivity index (χ1v) is 5.71. The minimum atomic E-state index is -1.02. The van der Waals surface area contributed by atoms with E-state index in [0.717, 1.165) is 11.4 Å². The van der Waals surface area contributed by atoms with Crippen LogP contribution in [-0.4, -0.2) is 20.9 Å². The van der Waals surface area contributed by atoms with Gasteiger partial charge in [-0.15, -0.1) is 0 Å². The van der Waals surface area contributed by atoms with Gasteiger partial charge in [0.2, 0.25) is 0 Å². The lowest BCUT2D eigenvalue weighted by molar-refractivity contribution is 0.0698. The zero-order chi connectivity index (χ0) is 13.3. The molecule has 0 spiro atoms. The van der Waals surface area contributed by atoms with Gasteiger partial charge in [0.15, 0.2) is 0 Å². The van der Waals surface area contributed by atoms with E-state index in [1.54, 1.807) is 6.07 Å². The molecule has 0 saturated heterocycles. The molecule has 0 saturated carbocycles. The number of nitrogens with two attached hydrogens (primary N) is 1. The summed E-state index contributed by atoms with van der Waals surface area (Å²) in [6, 6.07) is 6.91. The standard InChI is InChI=1S/C13H15N3O2/c1-3-16-11(7-8(2)15-16)9-5-4-6-10(12(9)14)13(17)18/h4-7H,3,14H2,1-2H3,(H,17,18). The number of rotatable bonds is 3. The average molecular weight is 245 g/mol. The van der Waals surface area contributed by atoms with Crippen molar-refractivity contribution in [2.45, 2.75) is 20.4 Å². The van der Waals surface area contributed by atoms with E-state index in [4.69, 9.17) is 10.8 Å². The van der Waals surface area contributed by atoms with Gasteiger partial charge in [0.05, 0.1) is 22.6 Å². The van der Waals surface area contributed by atoms with Crippen molar-refractivity contribution in [2.24, 2.45) is 0 Å². The van der Waals surface area contributed by atoms with Gasteiger partial charge in [-0.25, -0.2) is 4.79 Å². The molecule has 0 unspecified atom stereocenters. The predicted octanol–water partition coefficient (Wildman–Crippen LogP) is 2.16. The Labute approximate surface area is 105 Å². The maximum Gasteiger partial charge on any atom is 0.337 e. The third kappa shape index (κ3) is 1.95. The van der Waals surface area contributed by atoms with E-state index in [-0.39, 0.29) is 11.3 Å². The lowest BCUT2D eigenvalue weighted by atomic mass is 10.0. The van der Waals surface area contributed by atoms with Gasteiger partial charge in [-0.3, -0.25) is 4.68 Å². The van der Waals surface area contributed by atoms with Crippen LogP contribution in [0.3, 0.4) is 0 Å². The van der Waals surface area contributed by atoms with Crippen LogP contribution in [0.4, 0.5) is 5.69 Å². The van der Waals surface area contributed by atoms with Crippen LogP contribution in [0.5, 0.6) is 0 Å². The number of carboxylic acids is 1. The number of hydrogen-bond donors (Lipinski definition) is 2. The van der Waals surface area contributed by atoms with Gasteiger partial charge in [-0.05, 0) is 26.0 Å². The van der Waals surface area contributed by atoms with E-state index in [1.807, 2.05) is 30.7 Å². The summed E-state index contributed by atoms with van der Waals surface area (Å²) >= 11 is 0. The Morgan fingerprint density at radius 2 is 2.22 bits per heavy atom. The highest BCUT2D eigenvalue weighted by Gasteiger charge is 2.15. The summed E-state index contributed by atoms with van der Waals surface area (Å²) in [4.78, 5) is 11.1. The molecular weight excluding hydrogens is 230 g/mol. The first-order valence-electron chi connectivity index (χ1n) is 5.71. The van der Waals surface area contributed by atoms with Crippen molar-refractivity contribution in [3.63, 3.8) is 0 Å². The first kappa shape index (κ1) is 12.2. The number of nitrogens with zero attached hydrogens (tertiary/aromatic N) is 2. The molecule has 0 aliphatic carbocycles. The Kier molecular flexibility index (Phi) is 3.06. The number of carbonyl (C=O) groups is 1. The van der Waals surface area contributed by atoms with Crippen molar-refractivity contribution in [3.8, 4) is 11.3 Å². The molecule has 1 aromatic carbocycles. The quantitative estimate of drug-likeness (QED) is 0.812. The second-order valence-corrected chi connectivity index (χ2v) is 4.06.